The van der Waals surface area contributed by atoms with Crippen molar-refractivity contribution in [3.8, 4) is 0 Å². The van der Waals surface area contributed by atoms with E-state index < -0.39 is 11.0 Å². The summed E-state index contributed by atoms with van der Waals surface area (Å²) in [6.45, 7) is 6.40. The van der Waals surface area contributed by atoms with E-state index in [4.69, 9.17) is 22.7 Å². The number of hydrogen-bond acceptors (Lipinski definition) is 3. The number of nitrogens with one attached hydrogen (secondary N) is 1. The third-order valence-electron chi connectivity index (χ3n) is 3.26. The molecule has 0 atom stereocenters. The van der Waals surface area contributed by atoms with Crippen LogP contribution in [0.15, 0.2) is 0 Å². The van der Waals surface area contributed by atoms with Crippen LogP contribution in [0.2, 0.25) is 0 Å². The van der Waals surface area contributed by atoms with Crippen LogP contribution in [-0.4, -0.2) is 30.2 Å². The first-order valence-electron chi connectivity index (χ1n) is 5.85. The highest BCUT2D eigenvalue weighted by molar-refractivity contribution is 7.80. The first-order valence-corrected chi connectivity index (χ1v) is 6.26. The molecule has 0 spiro atoms. The van der Waals surface area contributed by atoms with E-state index in [2.05, 4.69) is 12.2 Å². The SMILES string of the molecule is COCC(C)(C)NC(=O)C1(C(N)=S)CC(C)C1. The maximum Gasteiger partial charge on any atom is 0.233 e. The van der Waals surface area contributed by atoms with E-state index in [0.29, 0.717) is 17.5 Å². The second kappa shape index (κ2) is 4.90. The van der Waals surface area contributed by atoms with Gasteiger partial charge in [-0.05, 0) is 32.6 Å². The van der Waals surface area contributed by atoms with Gasteiger partial charge in [0.1, 0.15) is 0 Å². The molecule has 0 aromatic rings. The Kier molecular flexibility index (Phi) is 4.15. The molecular weight excluding hydrogens is 236 g/mol. The Morgan fingerprint density at radius 1 is 1.59 bits per heavy atom. The van der Waals surface area contributed by atoms with Crippen LogP contribution in [0, 0.1) is 11.3 Å². The van der Waals surface area contributed by atoms with Crippen LogP contribution in [0.25, 0.3) is 0 Å². The summed E-state index contributed by atoms with van der Waals surface area (Å²) >= 11 is 5.05. The van der Waals surface area contributed by atoms with Gasteiger partial charge in [0.2, 0.25) is 5.91 Å². The van der Waals surface area contributed by atoms with Crippen molar-refractivity contribution in [1.29, 1.82) is 0 Å². The van der Waals surface area contributed by atoms with Crippen LogP contribution in [-0.2, 0) is 9.53 Å². The maximum atomic E-state index is 12.3. The second-order valence-corrected chi connectivity index (χ2v) is 6.17. The maximum absolute atomic E-state index is 12.3. The van der Waals surface area contributed by atoms with Crippen molar-refractivity contribution in [2.24, 2.45) is 17.1 Å². The Morgan fingerprint density at radius 3 is 2.47 bits per heavy atom. The lowest BCUT2D eigenvalue weighted by Crippen LogP contribution is -2.60. The molecule has 1 saturated carbocycles. The van der Waals surface area contributed by atoms with Crippen molar-refractivity contribution in [2.45, 2.75) is 39.2 Å². The standard InChI is InChI=1S/C12H22N2O2S/c1-8-5-12(6-8,9(13)17)10(15)14-11(2,3)7-16-4/h8H,5-7H2,1-4H3,(H2,13,17)(H,14,15). The summed E-state index contributed by atoms with van der Waals surface area (Å²) in [5, 5.41) is 2.97. The molecule has 1 amide bonds. The van der Waals surface area contributed by atoms with Gasteiger partial charge in [0.25, 0.3) is 0 Å². The smallest absolute Gasteiger partial charge is 0.233 e. The number of methoxy groups -OCH3 is 1. The van der Waals surface area contributed by atoms with Crippen LogP contribution in [0.3, 0.4) is 0 Å². The molecule has 1 rings (SSSR count). The Morgan fingerprint density at radius 2 is 2.12 bits per heavy atom. The van der Waals surface area contributed by atoms with Crippen LogP contribution < -0.4 is 11.1 Å². The summed E-state index contributed by atoms with van der Waals surface area (Å²) in [6, 6.07) is 0. The fraction of sp³-hybridized carbons (Fsp3) is 0.833. The Bertz CT molecular complexity index is 322. The first-order chi connectivity index (χ1) is 7.73. The molecule has 1 fully saturated rings. The number of carbonyl (C=O) groups is 1. The number of amides is 1. The van der Waals surface area contributed by atoms with Crippen molar-refractivity contribution in [1.82, 2.24) is 5.32 Å². The number of carbonyl (C=O) groups excluding carboxylic acids is 1. The second-order valence-electron chi connectivity index (χ2n) is 5.73. The van der Waals surface area contributed by atoms with E-state index in [0.717, 1.165) is 12.8 Å². The molecule has 0 aromatic heterocycles. The van der Waals surface area contributed by atoms with E-state index in [1.807, 2.05) is 13.8 Å². The number of ether oxygens (including phenoxy) is 1. The molecule has 3 N–H and O–H groups in total. The molecule has 1 aliphatic carbocycles. The van der Waals surface area contributed by atoms with Gasteiger partial charge in [-0.1, -0.05) is 19.1 Å². The van der Waals surface area contributed by atoms with Gasteiger partial charge < -0.3 is 15.8 Å². The van der Waals surface area contributed by atoms with Gasteiger partial charge in [0.15, 0.2) is 0 Å². The van der Waals surface area contributed by atoms with Gasteiger partial charge in [-0.25, -0.2) is 0 Å². The van der Waals surface area contributed by atoms with Gasteiger partial charge in [-0.3, -0.25) is 4.79 Å². The molecule has 4 nitrogen and oxygen atoms in total. The highest BCUT2D eigenvalue weighted by Gasteiger charge is 2.51. The fourth-order valence-electron chi connectivity index (χ4n) is 2.45. The number of hydrogen-bond donors (Lipinski definition) is 2. The average Bonchev–Trinajstić information content (AvgIpc) is 2.10. The molecule has 0 radical (unpaired) electrons. The zero-order valence-corrected chi connectivity index (χ0v) is 11.8. The number of rotatable bonds is 5. The lowest BCUT2D eigenvalue weighted by atomic mass is 9.61. The molecular formula is C12H22N2O2S. The fourth-order valence-corrected chi connectivity index (χ4v) is 2.71. The highest BCUT2D eigenvalue weighted by atomic mass is 32.1. The molecule has 0 aromatic carbocycles. The van der Waals surface area contributed by atoms with Gasteiger partial charge in [-0.2, -0.15) is 0 Å². The minimum atomic E-state index is -0.639. The van der Waals surface area contributed by atoms with Crippen molar-refractivity contribution >= 4 is 23.1 Å². The monoisotopic (exact) mass is 258 g/mol. The molecule has 17 heavy (non-hydrogen) atoms. The van der Waals surface area contributed by atoms with Crippen molar-refractivity contribution in [3.05, 3.63) is 0 Å². The van der Waals surface area contributed by atoms with Crippen LogP contribution in [0.1, 0.15) is 33.6 Å². The molecule has 0 unspecified atom stereocenters. The zero-order valence-electron chi connectivity index (χ0n) is 11.0. The van der Waals surface area contributed by atoms with Crippen LogP contribution >= 0.6 is 12.2 Å². The summed E-state index contributed by atoms with van der Waals surface area (Å²) < 4.78 is 5.07. The van der Waals surface area contributed by atoms with E-state index in [1.54, 1.807) is 7.11 Å². The molecule has 1 aliphatic rings. The predicted molar refractivity (Wildman–Crippen MR) is 71.7 cm³/mol. The van der Waals surface area contributed by atoms with Gasteiger partial charge in [0, 0.05) is 7.11 Å². The highest BCUT2D eigenvalue weighted by Crippen LogP contribution is 2.46. The average molecular weight is 258 g/mol. The molecule has 0 saturated heterocycles. The summed E-state index contributed by atoms with van der Waals surface area (Å²) in [7, 11) is 1.61. The van der Waals surface area contributed by atoms with Gasteiger partial charge in [-0.15, -0.1) is 0 Å². The normalized spacial score (nSPS) is 28.4. The quantitative estimate of drug-likeness (QED) is 0.728. The lowest BCUT2D eigenvalue weighted by molar-refractivity contribution is -0.135. The minimum absolute atomic E-state index is 0.0647. The third-order valence-corrected chi connectivity index (χ3v) is 3.65. The molecule has 5 heteroatoms. The predicted octanol–water partition coefficient (Wildman–Crippen LogP) is 1.23. The zero-order chi connectivity index (χ0) is 13.3. The summed E-state index contributed by atoms with van der Waals surface area (Å²) in [5.41, 5.74) is 4.69. The summed E-state index contributed by atoms with van der Waals surface area (Å²) in [5.74, 6) is 0.443. The van der Waals surface area contributed by atoms with E-state index >= 15 is 0 Å². The summed E-state index contributed by atoms with van der Waals surface area (Å²) in [6.07, 6.45) is 1.49. The topological polar surface area (TPSA) is 64.3 Å². The van der Waals surface area contributed by atoms with Crippen molar-refractivity contribution in [2.75, 3.05) is 13.7 Å². The molecule has 98 valence electrons. The number of nitrogens with two attached hydrogens (primary N) is 1. The lowest BCUT2D eigenvalue weighted by Gasteiger charge is -2.45. The van der Waals surface area contributed by atoms with Crippen LogP contribution in [0.5, 0.6) is 0 Å². The van der Waals surface area contributed by atoms with Gasteiger partial charge in [0.05, 0.1) is 22.5 Å². The third kappa shape index (κ3) is 2.96. The Balaban J connectivity index is 2.72. The first kappa shape index (κ1) is 14.4. The van der Waals surface area contributed by atoms with Crippen LogP contribution in [0.4, 0.5) is 0 Å². The molecule has 0 heterocycles. The number of thiocarbonyl (C=S) groups is 1. The minimum Gasteiger partial charge on any atom is -0.392 e. The van der Waals surface area contributed by atoms with E-state index in [-0.39, 0.29) is 5.91 Å². The Labute approximate surface area is 108 Å². The largest absolute Gasteiger partial charge is 0.392 e. The molecule has 0 bridgehead atoms. The van der Waals surface area contributed by atoms with E-state index in [1.165, 1.54) is 0 Å². The Hall–Kier alpha value is -0.680. The summed E-state index contributed by atoms with van der Waals surface area (Å²) in [4.78, 5) is 12.6. The van der Waals surface area contributed by atoms with Gasteiger partial charge >= 0.3 is 0 Å². The van der Waals surface area contributed by atoms with Crippen molar-refractivity contribution in [3.63, 3.8) is 0 Å². The van der Waals surface area contributed by atoms with E-state index in [9.17, 15) is 4.79 Å². The van der Waals surface area contributed by atoms with Crippen molar-refractivity contribution < 1.29 is 9.53 Å². The molecule has 0 aliphatic heterocycles.